The van der Waals surface area contributed by atoms with Crippen molar-refractivity contribution in [1.82, 2.24) is 10.2 Å². The first-order valence-electron chi connectivity index (χ1n) is 8.15. The molecule has 1 fully saturated rings. The maximum atomic E-state index is 12.3. The fourth-order valence-corrected chi connectivity index (χ4v) is 3.01. The Bertz CT molecular complexity index is 286. The van der Waals surface area contributed by atoms with Crippen molar-refractivity contribution in [3.8, 4) is 0 Å². The van der Waals surface area contributed by atoms with Gasteiger partial charge < -0.3 is 9.64 Å². The van der Waals surface area contributed by atoms with E-state index in [1.807, 2.05) is 13.8 Å². The molecule has 0 aliphatic carbocycles. The Morgan fingerprint density at radius 2 is 1.75 bits per heavy atom. The first-order chi connectivity index (χ1) is 9.48. The normalized spacial score (nSPS) is 21.1. The monoisotopic (exact) mass is 284 g/mol. The van der Waals surface area contributed by atoms with Crippen molar-refractivity contribution in [2.45, 2.75) is 71.4 Å². The molecule has 0 saturated carbocycles. The number of esters is 1. The van der Waals surface area contributed by atoms with Crippen molar-refractivity contribution < 1.29 is 9.53 Å². The maximum Gasteiger partial charge on any atom is 0.327 e. The lowest BCUT2D eigenvalue weighted by molar-refractivity contribution is -0.151. The molecule has 20 heavy (non-hydrogen) atoms. The van der Waals surface area contributed by atoms with Crippen molar-refractivity contribution in [2.24, 2.45) is 0 Å². The van der Waals surface area contributed by atoms with E-state index in [-0.39, 0.29) is 12.0 Å². The average molecular weight is 284 g/mol. The number of likely N-dealkylation sites (tertiary alicyclic amines) is 1. The molecule has 1 unspecified atom stereocenters. The first kappa shape index (κ1) is 17.4. The summed E-state index contributed by atoms with van der Waals surface area (Å²) in [6.45, 7) is 11.4. The van der Waals surface area contributed by atoms with Gasteiger partial charge in [-0.3, -0.25) is 10.1 Å². The highest BCUT2D eigenvalue weighted by Crippen LogP contribution is 2.16. The average Bonchev–Trinajstić information content (AvgIpc) is 2.32. The van der Waals surface area contributed by atoms with Gasteiger partial charge in [-0.05, 0) is 53.6 Å². The molecule has 0 bridgehead atoms. The van der Waals surface area contributed by atoms with Crippen molar-refractivity contribution >= 4 is 5.97 Å². The Kier molecular flexibility index (Phi) is 7.52. The zero-order chi connectivity index (χ0) is 15.0. The van der Waals surface area contributed by atoms with Gasteiger partial charge in [0.05, 0.1) is 6.61 Å². The molecular weight excluding hydrogens is 252 g/mol. The summed E-state index contributed by atoms with van der Waals surface area (Å²) < 4.78 is 5.28. The molecule has 1 aliphatic rings. The van der Waals surface area contributed by atoms with E-state index in [2.05, 4.69) is 24.1 Å². The molecule has 0 spiro atoms. The molecule has 1 aliphatic heterocycles. The zero-order valence-corrected chi connectivity index (χ0v) is 13.7. The Hall–Kier alpha value is -0.610. The van der Waals surface area contributed by atoms with Crippen LogP contribution in [0.5, 0.6) is 0 Å². The molecule has 0 radical (unpaired) electrons. The van der Waals surface area contributed by atoms with Crippen LogP contribution < -0.4 is 5.32 Å². The van der Waals surface area contributed by atoms with Crippen LogP contribution in [0.2, 0.25) is 0 Å². The van der Waals surface area contributed by atoms with Gasteiger partial charge in [-0.1, -0.05) is 19.3 Å². The lowest BCUT2D eigenvalue weighted by Gasteiger charge is -2.36. The van der Waals surface area contributed by atoms with Gasteiger partial charge >= 0.3 is 5.97 Å². The predicted molar refractivity (Wildman–Crippen MR) is 82.8 cm³/mol. The summed E-state index contributed by atoms with van der Waals surface area (Å²) in [7, 11) is 0. The lowest BCUT2D eigenvalue weighted by atomic mass is 9.99. The van der Waals surface area contributed by atoms with Gasteiger partial charge in [0, 0.05) is 12.6 Å². The number of carbonyl (C=O) groups is 1. The Balaban J connectivity index is 2.68. The van der Waals surface area contributed by atoms with Crippen LogP contribution in [0, 0.1) is 0 Å². The smallest absolute Gasteiger partial charge is 0.327 e. The van der Waals surface area contributed by atoms with Crippen molar-refractivity contribution in [1.29, 1.82) is 0 Å². The van der Waals surface area contributed by atoms with Crippen LogP contribution in [0.4, 0.5) is 0 Å². The number of hydrogen-bond donors (Lipinski definition) is 1. The van der Waals surface area contributed by atoms with Crippen LogP contribution in [0.25, 0.3) is 0 Å². The van der Waals surface area contributed by atoms with Crippen LogP contribution in [0.3, 0.4) is 0 Å². The maximum absolute atomic E-state index is 12.3. The quantitative estimate of drug-likeness (QED) is 0.761. The minimum absolute atomic E-state index is 0.129. The van der Waals surface area contributed by atoms with E-state index in [1.54, 1.807) is 0 Å². The topological polar surface area (TPSA) is 41.6 Å². The molecule has 1 saturated heterocycles. The molecule has 1 N–H and O–H groups in total. The fourth-order valence-electron chi connectivity index (χ4n) is 3.01. The summed E-state index contributed by atoms with van der Waals surface area (Å²) in [6, 6.07) is 0.263. The number of nitrogens with one attached hydrogen (secondary N) is 1. The highest BCUT2D eigenvalue weighted by Gasteiger charge is 2.36. The van der Waals surface area contributed by atoms with Crippen molar-refractivity contribution in [3.05, 3.63) is 0 Å². The summed E-state index contributed by atoms with van der Waals surface area (Å²) in [5.74, 6) is -0.129. The van der Waals surface area contributed by atoms with E-state index in [0.717, 1.165) is 19.6 Å². The van der Waals surface area contributed by atoms with Gasteiger partial charge in [0.2, 0.25) is 0 Å². The zero-order valence-electron chi connectivity index (χ0n) is 13.7. The lowest BCUT2D eigenvalue weighted by Crippen LogP contribution is -2.59. The molecule has 1 atom stereocenters. The molecule has 0 aromatic heterocycles. The van der Waals surface area contributed by atoms with E-state index in [4.69, 9.17) is 4.74 Å². The van der Waals surface area contributed by atoms with E-state index in [0.29, 0.717) is 6.61 Å². The van der Waals surface area contributed by atoms with E-state index >= 15 is 0 Å². The largest absolute Gasteiger partial charge is 0.465 e. The minimum Gasteiger partial charge on any atom is -0.465 e. The number of rotatable bonds is 6. The Morgan fingerprint density at radius 3 is 2.25 bits per heavy atom. The third kappa shape index (κ3) is 5.80. The predicted octanol–water partition coefficient (Wildman–Crippen LogP) is 2.57. The summed E-state index contributed by atoms with van der Waals surface area (Å²) in [4.78, 5) is 14.7. The van der Waals surface area contributed by atoms with E-state index in [9.17, 15) is 4.79 Å². The van der Waals surface area contributed by atoms with Crippen LogP contribution in [0.1, 0.15) is 59.8 Å². The van der Waals surface area contributed by atoms with Crippen molar-refractivity contribution in [3.63, 3.8) is 0 Å². The third-order valence-electron chi connectivity index (χ3n) is 3.82. The van der Waals surface area contributed by atoms with Gasteiger partial charge in [-0.15, -0.1) is 0 Å². The number of ether oxygens (including phenoxy) is 1. The second-order valence-electron chi connectivity index (χ2n) is 6.40. The van der Waals surface area contributed by atoms with Crippen LogP contribution >= 0.6 is 0 Å². The highest BCUT2D eigenvalue weighted by atomic mass is 16.5. The molecule has 4 heteroatoms. The Morgan fingerprint density at radius 1 is 1.20 bits per heavy atom. The molecule has 1 rings (SSSR count). The second-order valence-corrected chi connectivity index (χ2v) is 6.40. The molecule has 118 valence electrons. The summed E-state index contributed by atoms with van der Waals surface area (Å²) >= 11 is 0. The van der Waals surface area contributed by atoms with E-state index in [1.165, 1.54) is 32.1 Å². The van der Waals surface area contributed by atoms with Gasteiger partial charge in [0.15, 0.2) is 0 Å². The van der Waals surface area contributed by atoms with Crippen molar-refractivity contribution in [2.75, 3.05) is 26.2 Å². The summed E-state index contributed by atoms with van der Waals surface area (Å²) in [6.07, 6.45) is 6.45. The molecular formula is C16H32N2O2. The molecule has 0 aromatic rings. The second kappa shape index (κ2) is 8.63. The number of hydrogen-bond acceptors (Lipinski definition) is 4. The minimum atomic E-state index is -0.608. The Labute approximate surface area is 124 Å². The highest BCUT2D eigenvalue weighted by molar-refractivity contribution is 5.80. The summed E-state index contributed by atoms with van der Waals surface area (Å²) in [5.41, 5.74) is -0.608. The fraction of sp³-hybridized carbons (Fsp3) is 0.938. The molecule has 0 amide bonds. The third-order valence-corrected chi connectivity index (χ3v) is 3.82. The van der Waals surface area contributed by atoms with Crippen LogP contribution in [-0.2, 0) is 9.53 Å². The van der Waals surface area contributed by atoms with Gasteiger partial charge in [-0.2, -0.15) is 0 Å². The standard InChI is InChI=1S/C16H32N2O2/c1-5-20-15(19)16(4,17-14(2)3)13-18-11-9-7-6-8-10-12-18/h14,17H,5-13H2,1-4H3. The summed E-state index contributed by atoms with van der Waals surface area (Å²) in [5, 5.41) is 3.41. The first-order valence-corrected chi connectivity index (χ1v) is 8.15. The van der Waals surface area contributed by atoms with Crippen LogP contribution in [0.15, 0.2) is 0 Å². The molecule has 4 nitrogen and oxygen atoms in total. The van der Waals surface area contributed by atoms with Gasteiger partial charge in [0.25, 0.3) is 0 Å². The molecule has 1 heterocycles. The van der Waals surface area contributed by atoms with E-state index < -0.39 is 5.54 Å². The SMILES string of the molecule is CCOC(=O)C(C)(CN1CCCCCCC1)NC(C)C. The number of carbonyl (C=O) groups excluding carboxylic acids is 1. The molecule has 0 aromatic carbocycles. The number of nitrogens with zero attached hydrogens (tertiary/aromatic N) is 1. The van der Waals surface area contributed by atoms with Gasteiger partial charge in [0.1, 0.15) is 5.54 Å². The van der Waals surface area contributed by atoms with Gasteiger partial charge in [-0.25, -0.2) is 0 Å². The van der Waals surface area contributed by atoms with Crippen LogP contribution in [-0.4, -0.2) is 48.7 Å².